The van der Waals surface area contributed by atoms with Crippen molar-refractivity contribution in [1.29, 1.82) is 0 Å². The van der Waals surface area contributed by atoms with Crippen molar-refractivity contribution in [3.05, 3.63) is 0 Å². The van der Waals surface area contributed by atoms with Crippen LogP contribution in [0.15, 0.2) is 0 Å². The molecule has 3 N–H and O–H groups in total. The number of hydrogen-bond donors (Lipinski definition) is 2. The number of nitrogens with two attached hydrogens (primary N) is 1. The highest BCUT2D eigenvalue weighted by molar-refractivity contribution is 7.89. The molecule has 0 heterocycles. The molecule has 0 saturated heterocycles. The Bertz CT molecular complexity index is 207. The lowest BCUT2D eigenvalue weighted by Crippen LogP contribution is -2.17. The van der Waals surface area contributed by atoms with Crippen molar-refractivity contribution in [3.63, 3.8) is 0 Å². The van der Waals surface area contributed by atoms with E-state index in [2.05, 4.69) is 5.14 Å². The second-order valence-corrected chi connectivity index (χ2v) is 3.60. The van der Waals surface area contributed by atoms with Crippen LogP contribution in [0.3, 0.4) is 0 Å². The Kier molecular flexibility index (Phi) is 3.31. The Balaban J connectivity index is 3.49. The number of hydrogen-bond acceptors (Lipinski definition) is 3. The molecule has 0 aliphatic carbocycles. The summed E-state index contributed by atoms with van der Waals surface area (Å²) in [6.45, 7) is 0. The van der Waals surface area contributed by atoms with Gasteiger partial charge in [-0.05, 0) is 6.42 Å². The van der Waals surface area contributed by atoms with E-state index in [1.54, 1.807) is 0 Å². The van der Waals surface area contributed by atoms with E-state index in [1.807, 2.05) is 0 Å². The first-order chi connectivity index (χ1) is 4.42. The summed E-state index contributed by atoms with van der Waals surface area (Å²) < 4.78 is 20.4. The molecular weight excluding hydrogens is 158 g/mol. The number of primary sulfonamides is 1. The van der Waals surface area contributed by atoms with Crippen molar-refractivity contribution in [1.82, 2.24) is 0 Å². The van der Waals surface area contributed by atoms with Gasteiger partial charge in [0.1, 0.15) is 0 Å². The van der Waals surface area contributed by atoms with Crippen molar-refractivity contribution in [2.75, 3.05) is 5.75 Å². The van der Waals surface area contributed by atoms with Crippen molar-refractivity contribution in [3.8, 4) is 0 Å². The van der Waals surface area contributed by atoms with E-state index in [4.69, 9.17) is 5.11 Å². The molecule has 0 bridgehead atoms. The number of carboxylic acids is 1. The Labute approximate surface area is 58.9 Å². The molecule has 0 atom stereocenters. The van der Waals surface area contributed by atoms with E-state index in [1.165, 1.54) is 0 Å². The predicted molar refractivity (Wildman–Crippen MR) is 34.8 cm³/mol. The van der Waals surface area contributed by atoms with Crippen LogP contribution >= 0.6 is 0 Å². The number of carbonyl (C=O) groups is 1. The summed E-state index contributed by atoms with van der Waals surface area (Å²) in [5, 5.41) is 12.7. The summed E-state index contributed by atoms with van der Waals surface area (Å²) in [5.74, 6) is -1.28. The van der Waals surface area contributed by atoms with Crippen LogP contribution in [0.2, 0.25) is 0 Å². The SMILES string of the molecule is NS(=O)(=O)CCCC(=O)O. The highest BCUT2D eigenvalue weighted by atomic mass is 32.2. The van der Waals surface area contributed by atoms with Crippen LogP contribution in [0.1, 0.15) is 12.8 Å². The molecule has 0 fully saturated rings. The summed E-state index contributed by atoms with van der Waals surface area (Å²) in [7, 11) is -3.48. The molecule has 0 spiro atoms. The minimum absolute atomic E-state index is 0.0775. The fourth-order valence-corrected chi connectivity index (χ4v) is 0.971. The van der Waals surface area contributed by atoms with Gasteiger partial charge in [-0.2, -0.15) is 0 Å². The van der Waals surface area contributed by atoms with Crippen LogP contribution in [-0.4, -0.2) is 25.2 Å². The van der Waals surface area contributed by atoms with Gasteiger partial charge in [0.2, 0.25) is 10.0 Å². The first-order valence-electron chi connectivity index (χ1n) is 2.64. The van der Waals surface area contributed by atoms with Crippen LogP contribution in [0, 0.1) is 0 Å². The fourth-order valence-electron chi connectivity index (χ4n) is 0.425. The zero-order chi connectivity index (χ0) is 8.20. The van der Waals surface area contributed by atoms with Gasteiger partial charge in [-0.25, -0.2) is 13.6 Å². The summed E-state index contributed by atoms with van der Waals surface area (Å²) in [6, 6.07) is 0. The molecule has 0 saturated carbocycles. The van der Waals surface area contributed by atoms with Crippen molar-refractivity contribution >= 4 is 16.0 Å². The van der Waals surface area contributed by atoms with Gasteiger partial charge < -0.3 is 5.11 Å². The second kappa shape index (κ2) is 3.52. The number of aliphatic carboxylic acids is 1. The van der Waals surface area contributed by atoms with Crippen LogP contribution < -0.4 is 5.14 Å². The van der Waals surface area contributed by atoms with E-state index in [-0.39, 0.29) is 18.6 Å². The highest BCUT2D eigenvalue weighted by Crippen LogP contribution is 1.90. The summed E-state index contributed by atoms with van der Waals surface area (Å²) >= 11 is 0. The van der Waals surface area contributed by atoms with Gasteiger partial charge in [-0.3, -0.25) is 4.79 Å². The van der Waals surface area contributed by atoms with Crippen LogP contribution in [0.25, 0.3) is 0 Å². The van der Waals surface area contributed by atoms with Crippen molar-refractivity contribution in [2.45, 2.75) is 12.8 Å². The fraction of sp³-hybridized carbons (Fsp3) is 0.750. The molecule has 5 nitrogen and oxygen atoms in total. The predicted octanol–water partition coefficient (Wildman–Crippen LogP) is -0.860. The van der Waals surface area contributed by atoms with Crippen LogP contribution in [0.4, 0.5) is 0 Å². The van der Waals surface area contributed by atoms with Crippen molar-refractivity contribution in [2.24, 2.45) is 5.14 Å². The van der Waals surface area contributed by atoms with Gasteiger partial charge >= 0.3 is 5.97 Å². The summed E-state index contributed by atoms with van der Waals surface area (Å²) in [6.07, 6.45) is -0.0788. The summed E-state index contributed by atoms with van der Waals surface area (Å²) in [5.41, 5.74) is 0. The van der Waals surface area contributed by atoms with Gasteiger partial charge in [0.25, 0.3) is 0 Å². The van der Waals surface area contributed by atoms with Crippen molar-refractivity contribution < 1.29 is 18.3 Å². The zero-order valence-corrected chi connectivity index (χ0v) is 6.10. The average molecular weight is 167 g/mol. The third kappa shape index (κ3) is 7.38. The number of carboxylic acid groups (broad SMARTS) is 1. The topological polar surface area (TPSA) is 97.5 Å². The summed E-state index contributed by atoms with van der Waals surface area (Å²) in [4.78, 5) is 9.85. The molecule has 0 unspecified atom stereocenters. The second-order valence-electron chi connectivity index (χ2n) is 1.86. The molecule has 0 aromatic carbocycles. The molecule has 60 valence electrons. The Hall–Kier alpha value is -0.620. The van der Waals surface area contributed by atoms with E-state index in [0.717, 1.165) is 0 Å². The van der Waals surface area contributed by atoms with Gasteiger partial charge in [0.15, 0.2) is 0 Å². The molecule has 0 aromatic heterocycles. The third-order valence-corrected chi connectivity index (χ3v) is 1.68. The third-order valence-electron chi connectivity index (χ3n) is 0.819. The quantitative estimate of drug-likeness (QED) is 0.569. The molecule has 6 heteroatoms. The maximum Gasteiger partial charge on any atom is 0.303 e. The van der Waals surface area contributed by atoms with Gasteiger partial charge in [0, 0.05) is 6.42 Å². The highest BCUT2D eigenvalue weighted by Gasteiger charge is 2.03. The van der Waals surface area contributed by atoms with Gasteiger partial charge in [-0.1, -0.05) is 0 Å². The normalized spacial score (nSPS) is 11.3. The van der Waals surface area contributed by atoms with E-state index in [9.17, 15) is 13.2 Å². The van der Waals surface area contributed by atoms with Gasteiger partial charge in [-0.15, -0.1) is 0 Å². The molecule has 0 radical (unpaired) electrons. The zero-order valence-electron chi connectivity index (χ0n) is 5.28. The standard InChI is InChI=1S/C4H9NO4S/c5-10(8,9)3-1-2-4(6)7/h1-3H2,(H,6,7)(H2,5,8,9). The molecular formula is C4H9NO4S. The lowest BCUT2D eigenvalue weighted by atomic mass is 10.3. The first-order valence-corrected chi connectivity index (χ1v) is 4.35. The Morgan fingerprint density at radius 2 is 2.00 bits per heavy atom. The smallest absolute Gasteiger partial charge is 0.303 e. The lowest BCUT2D eigenvalue weighted by molar-refractivity contribution is -0.137. The molecule has 0 aromatic rings. The molecule has 0 rings (SSSR count). The average Bonchev–Trinajstić information content (AvgIpc) is 1.59. The lowest BCUT2D eigenvalue weighted by Gasteiger charge is -1.93. The maximum atomic E-state index is 10.2. The number of rotatable bonds is 4. The Morgan fingerprint density at radius 1 is 1.50 bits per heavy atom. The largest absolute Gasteiger partial charge is 0.481 e. The van der Waals surface area contributed by atoms with Gasteiger partial charge in [0.05, 0.1) is 5.75 Å². The monoisotopic (exact) mass is 167 g/mol. The molecule has 10 heavy (non-hydrogen) atoms. The minimum Gasteiger partial charge on any atom is -0.481 e. The molecule has 0 amide bonds. The number of sulfonamides is 1. The molecule has 0 aliphatic rings. The van der Waals surface area contributed by atoms with Crippen LogP contribution in [-0.2, 0) is 14.8 Å². The van der Waals surface area contributed by atoms with Crippen LogP contribution in [0.5, 0.6) is 0 Å². The van der Waals surface area contributed by atoms with E-state index < -0.39 is 16.0 Å². The maximum absolute atomic E-state index is 10.2. The molecule has 0 aliphatic heterocycles. The van der Waals surface area contributed by atoms with E-state index in [0.29, 0.717) is 0 Å². The van der Waals surface area contributed by atoms with E-state index >= 15 is 0 Å². The minimum atomic E-state index is -3.48. The Morgan fingerprint density at radius 3 is 2.30 bits per heavy atom. The first kappa shape index (κ1) is 9.38.